The fourth-order valence-corrected chi connectivity index (χ4v) is 16.7. The van der Waals surface area contributed by atoms with Crippen LogP contribution in [0.1, 0.15) is 0 Å². The minimum Gasteiger partial charge on any atom is -0.656 e. The van der Waals surface area contributed by atoms with E-state index < -0.39 is 0 Å². The summed E-state index contributed by atoms with van der Waals surface area (Å²) >= 11 is 0. The van der Waals surface area contributed by atoms with Crippen LogP contribution in [0.2, 0.25) is 0 Å². The van der Waals surface area contributed by atoms with Gasteiger partial charge in [-0.15, -0.1) is 114 Å². The van der Waals surface area contributed by atoms with Crippen LogP contribution in [0, 0.1) is 24.3 Å². The van der Waals surface area contributed by atoms with E-state index in [1.807, 2.05) is 279 Å². The van der Waals surface area contributed by atoms with Gasteiger partial charge in [0.2, 0.25) is 0 Å². The summed E-state index contributed by atoms with van der Waals surface area (Å²) in [5.41, 5.74) is 25.4. The summed E-state index contributed by atoms with van der Waals surface area (Å²) in [6.07, 6.45) is 7.15. The van der Waals surface area contributed by atoms with Gasteiger partial charge in [0.1, 0.15) is 0 Å². The van der Waals surface area contributed by atoms with E-state index in [2.05, 4.69) is 250 Å². The summed E-state index contributed by atoms with van der Waals surface area (Å²) in [6.45, 7) is 0. The van der Waals surface area contributed by atoms with Crippen LogP contribution in [-0.2, 0) is 84.3 Å². The molecule has 0 spiro atoms. The summed E-state index contributed by atoms with van der Waals surface area (Å²) in [7, 11) is 0. The van der Waals surface area contributed by atoms with E-state index in [1.54, 1.807) is 24.8 Å². The second-order valence-corrected chi connectivity index (χ2v) is 32.1. The fraction of sp³-hybridized carbons (Fsp3) is 0. The molecule has 688 valence electrons. The maximum Gasteiger partial charge on any atom is 2.00 e. The van der Waals surface area contributed by atoms with Gasteiger partial charge in [0, 0.05) is 24.8 Å². The largest absolute Gasteiger partial charge is 2.00 e. The minimum absolute atomic E-state index is 0. The zero-order chi connectivity index (χ0) is 92.6. The van der Waals surface area contributed by atoms with Crippen molar-refractivity contribution in [3.05, 3.63) is 534 Å². The van der Waals surface area contributed by atoms with Crippen molar-refractivity contribution in [2.75, 3.05) is 0 Å². The Kier molecular flexibility index (Phi) is 34.2. The Hall–Kier alpha value is -16.0. The molecule has 0 unspecified atom stereocenters. The van der Waals surface area contributed by atoms with Crippen LogP contribution in [0.25, 0.3) is 210 Å². The molecule has 15 aromatic carbocycles. The van der Waals surface area contributed by atoms with E-state index in [0.29, 0.717) is 0 Å². The number of nitrogens with zero attached hydrogens (tertiary/aromatic N) is 12. The third kappa shape index (κ3) is 23.6. The van der Waals surface area contributed by atoms with Crippen molar-refractivity contribution >= 4 is 109 Å². The molecule has 0 amide bonds. The van der Waals surface area contributed by atoms with Gasteiger partial charge in [-0.2, -0.15) is 91.0 Å². The third-order valence-electron chi connectivity index (χ3n) is 23.3. The molecule has 27 rings (SSSR count). The molecule has 0 aliphatic carbocycles. The molecule has 12 nitrogen and oxygen atoms in total. The Morgan fingerprint density at radius 1 is 0.169 bits per heavy atom. The number of benzene rings is 15. The first-order valence-electron chi connectivity index (χ1n) is 45.5. The average molecular weight is 2550 g/mol. The van der Waals surface area contributed by atoms with Crippen LogP contribution < -0.4 is 19.9 Å². The molecule has 0 atom stereocenters. The van der Waals surface area contributed by atoms with Gasteiger partial charge in [-0.3, -0.25) is 19.9 Å². The molecule has 27 aromatic rings. The van der Waals surface area contributed by atoms with Crippen molar-refractivity contribution in [1.29, 1.82) is 0 Å². The van der Waals surface area contributed by atoms with E-state index >= 15 is 0 Å². The van der Waals surface area contributed by atoms with E-state index in [1.165, 1.54) is 54.2 Å². The topological polar surface area (TPSA) is 160 Å². The second kappa shape index (κ2) is 49.0. The first-order chi connectivity index (χ1) is 68.5. The van der Waals surface area contributed by atoms with Gasteiger partial charge >= 0.3 is 84.3 Å². The molecule has 16 heteroatoms. The molecule has 142 heavy (non-hydrogen) atoms. The molecule has 0 fully saturated rings. The van der Waals surface area contributed by atoms with E-state index in [9.17, 15) is 0 Å². The molecule has 0 bridgehead atoms. The fourth-order valence-electron chi connectivity index (χ4n) is 16.7. The van der Waals surface area contributed by atoms with Crippen LogP contribution in [0.15, 0.2) is 510 Å². The van der Waals surface area contributed by atoms with E-state index in [-0.39, 0.29) is 84.3 Å². The number of hydrogen-bond donors (Lipinski definition) is 0. The van der Waals surface area contributed by atoms with E-state index in [0.717, 1.165) is 156 Å². The Balaban J connectivity index is 0.000000120. The minimum atomic E-state index is 0. The number of hydrogen-bond acceptors (Lipinski definition) is 8. The quantitative estimate of drug-likeness (QED) is 0.126. The van der Waals surface area contributed by atoms with Gasteiger partial charge in [-0.05, 0) is 168 Å². The maximum atomic E-state index is 4.84. The predicted octanol–water partition coefficient (Wildman–Crippen LogP) is 30.2. The molecular formula is C126H84N12Pt4. The summed E-state index contributed by atoms with van der Waals surface area (Å²) in [5.74, 6) is 0. The predicted molar refractivity (Wildman–Crippen MR) is 567 cm³/mol. The van der Waals surface area contributed by atoms with Crippen LogP contribution >= 0.6 is 0 Å². The van der Waals surface area contributed by atoms with Crippen molar-refractivity contribution in [2.24, 2.45) is 0 Å². The Morgan fingerprint density at radius 2 is 0.444 bits per heavy atom. The third-order valence-corrected chi connectivity index (χ3v) is 23.3. The number of rotatable bonds is 9. The smallest absolute Gasteiger partial charge is 0.656 e. The molecule has 0 saturated carbocycles. The van der Waals surface area contributed by atoms with Gasteiger partial charge in [-0.1, -0.05) is 279 Å². The number of aromatic nitrogens is 12. The van der Waals surface area contributed by atoms with Crippen LogP contribution in [0.5, 0.6) is 0 Å². The van der Waals surface area contributed by atoms with Crippen molar-refractivity contribution in [2.45, 2.75) is 0 Å². The summed E-state index contributed by atoms with van der Waals surface area (Å²) < 4.78 is 0. The zero-order valence-electron chi connectivity index (χ0n) is 76.1. The monoisotopic (exact) mass is 2540 g/mol. The van der Waals surface area contributed by atoms with Crippen LogP contribution in [-0.4, -0.2) is 39.9 Å². The zero-order valence-corrected chi connectivity index (χ0v) is 85.2. The van der Waals surface area contributed by atoms with Crippen molar-refractivity contribution in [3.63, 3.8) is 0 Å². The summed E-state index contributed by atoms with van der Waals surface area (Å²) in [6, 6.07) is 174. The first kappa shape index (κ1) is 99.0. The molecule has 0 aliphatic rings. The second-order valence-electron chi connectivity index (χ2n) is 32.1. The molecule has 0 N–H and O–H groups in total. The Labute approximate surface area is 880 Å². The normalized spacial score (nSPS) is 10.5. The first-order valence-corrected chi connectivity index (χ1v) is 45.5. The van der Waals surface area contributed by atoms with Crippen LogP contribution in [0.3, 0.4) is 0 Å². The summed E-state index contributed by atoms with van der Waals surface area (Å²) in [5, 5.41) is 14.4. The van der Waals surface area contributed by atoms with Gasteiger partial charge in [0.25, 0.3) is 0 Å². The van der Waals surface area contributed by atoms with Gasteiger partial charge in [0.15, 0.2) is 0 Å². The van der Waals surface area contributed by atoms with Gasteiger partial charge in [-0.25, -0.2) is 19.9 Å². The Bertz CT molecular complexity index is 7700. The summed E-state index contributed by atoms with van der Waals surface area (Å²) in [4.78, 5) is 56.3. The van der Waals surface area contributed by atoms with Crippen LogP contribution in [0.4, 0.5) is 0 Å². The standard InChI is InChI=1S/4C22H14N3.C12H9.2C10H7.C6H5.4Pt/c4*1-2-10-18-15(7-1)16-8-5-9-17(22(16)25-18)19-12-6-13-21(24-19)20-11-3-4-14-23-20;1-3-7-11(8-4-1)12-9-5-2-6-10-12;2*1-2-6-10-8-4-3-7-9(10)5-1;1-2-4-6-5-3-1;;;;/h4*1-14H;1,3-10H;1-3,5-8H;1-7H;1-5H;;;;/q8*-1;4*+2. The number of para-hydroxylation sites is 8. The van der Waals surface area contributed by atoms with Crippen molar-refractivity contribution in [1.82, 2.24) is 59.8 Å². The van der Waals surface area contributed by atoms with Gasteiger partial charge in [0.05, 0.1) is 68.3 Å². The molecule has 0 saturated heterocycles. The van der Waals surface area contributed by atoms with Gasteiger partial charge < -0.3 is 19.9 Å². The molecule has 0 radical (unpaired) electrons. The average Bonchev–Trinajstić information content (AvgIpc) is 1.63. The molecule has 12 aromatic heterocycles. The molecule has 0 aliphatic heterocycles. The van der Waals surface area contributed by atoms with E-state index in [4.69, 9.17) is 39.9 Å². The Morgan fingerprint density at radius 3 is 0.782 bits per heavy atom. The number of fused-ring (bicyclic) bond motifs is 14. The number of pyridine rings is 8. The SMILES string of the molecule is [Pt+2].[Pt+2].[Pt+2].[Pt+2].[c-]1ccc(-c2ccccc2)cc1.[c-]1ccc2ccccc2c1.[c-]1cccc2ccccc12.[c-]1ccccc1.c1ccc(-c2cccc(-c3cccc4c3[n-]c3ccccc34)n2)nc1.c1ccc(-c2cccc(-c3cccc4c3[n-]c3ccccc34)n2)nc1.c1ccc(-c2cccc(-c3cccc4c3[n-]c3ccccc34)n2)nc1.c1ccc(-c2cccc(-c3cccc4c3[n-]c3ccccc34)n2)nc1. The van der Waals surface area contributed by atoms with Crippen molar-refractivity contribution in [3.8, 4) is 102 Å². The maximum absolute atomic E-state index is 4.84. The molecular weight excluding hydrogens is 2460 g/mol. The molecule has 12 heterocycles. The van der Waals surface area contributed by atoms with Crippen molar-refractivity contribution < 1.29 is 84.3 Å².